The summed E-state index contributed by atoms with van der Waals surface area (Å²) >= 11 is 3.51. The molecule has 1 heterocycles. The molecule has 1 N–H and O–H groups in total. The van der Waals surface area contributed by atoms with Crippen molar-refractivity contribution in [2.75, 3.05) is 6.54 Å². The third kappa shape index (κ3) is 3.63. The summed E-state index contributed by atoms with van der Waals surface area (Å²) in [5, 5.41) is 2.82. The summed E-state index contributed by atoms with van der Waals surface area (Å²) in [6.45, 7) is 6.24. The van der Waals surface area contributed by atoms with Crippen molar-refractivity contribution in [3.05, 3.63) is 17.3 Å². The smallest absolute Gasteiger partial charge is 0.289 e. The molecule has 1 unspecified atom stereocenters. The van der Waals surface area contributed by atoms with Gasteiger partial charge >= 0.3 is 0 Å². The van der Waals surface area contributed by atoms with E-state index < -0.39 is 0 Å². The van der Waals surface area contributed by atoms with Gasteiger partial charge in [-0.1, -0.05) is 22.9 Å². The molecule has 0 saturated carbocycles. The van der Waals surface area contributed by atoms with Crippen LogP contribution >= 0.6 is 15.9 Å². The fourth-order valence-corrected chi connectivity index (χ4v) is 1.60. The Kier molecular flexibility index (Phi) is 4.99. The van der Waals surface area contributed by atoms with E-state index in [1.165, 1.54) is 0 Å². The average molecular weight is 289 g/mol. The summed E-state index contributed by atoms with van der Waals surface area (Å²) in [6.07, 6.45) is 1.96. The second-order valence-corrected chi connectivity index (χ2v) is 4.99. The van der Waals surface area contributed by atoms with Crippen molar-refractivity contribution in [3.63, 3.8) is 0 Å². The molecule has 0 aliphatic carbocycles. The van der Waals surface area contributed by atoms with Crippen LogP contribution in [0.25, 0.3) is 0 Å². The van der Waals surface area contributed by atoms with Gasteiger partial charge < -0.3 is 9.73 Å². The van der Waals surface area contributed by atoms with Gasteiger partial charge in [-0.2, -0.15) is 0 Å². The lowest BCUT2D eigenvalue weighted by Gasteiger charge is -2.07. The molecule has 0 bridgehead atoms. The van der Waals surface area contributed by atoms with E-state index in [4.69, 9.17) is 4.42 Å². The average Bonchev–Trinajstić information content (AvgIpc) is 2.57. The predicted octanol–water partition coefficient (Wildman–Crippen LogP) is 2.58. The first-order valence-electron chi connectivity index (χ1n) is 5.40. The van der Waals surface area contributed by atoms with Crippen LogP contribution in [0.1, 0.15) is 41.9 Å². The van der Waals surface area contributed by atoms with E-state index in [-0.39, 0.29) is 5.91 Å². The number of carbonyl (C=O) groups excluding carboxylic acids is 1. The van der Waals surface area contributed by atoms with Gasteiger partial charge in [0.25, 0.3) is 5.91 Å². The highest BCUT2D eigenvalue weighted by Gasteiger charge is 2.15. The SMILES string of the molecule is CCC(Br)CCNC(=O)c1oc(C)nc1C. The van der Waals surface area contributed by atoms with Crippen LogP contribution in [-0.2, 0) is 0 Å². The fourth-order valence-electron chi connectivity index (χ4n) is 1.37. The number of nitrogens with one attached hydrogen (secondary N) is 1. The fraction of sp³-hybridized carbons (Fsp3) is 0.636. The van der Waals surface area contributed by atoms with Crippen molar-refractivity contribution >= 4 is 21.8 Å². The van der Waals surface area contributed by atoms with Gasteiger partial charge in [0.05, 0.1) is 5.69 Å². The predicted molar refractivity (Wildman–Crippen MR) is 65.9 cm³/mol. The molecule has 0 aromatic carbocycles. The monoisotopic (exact) mass is 288 g/mol. The number of rotatable bonds is 5. The first-order chi connectivity index (χ1) is 7.54. The number of aryl methyl sites for hydroxylation is 2. The second kappa shape index (κ2) is 6.03. The molecule has 1 aromatic heterocycles. The Hall–Kier alpha value is -0.840. The molecule has 1 aromatic rings. The van der Waals surface area contributed by atoms with E-state index >= 15 is 0 Å². The van der Waals surface area contributed by atoms with Crippen LogP contribution in [0.5, 0.6) is 0 Å². The van der Waals surface area contributed by atoms with Gasteiger partial charge in [0.1, 0.15) is 0 Å². The van der Waals surface area contributed by atoms with Gasteiger partial charge in [-0.15, -0.1) is 0 Å². The first kappa shape index (κ1) is 13.2. The Morgan fingerprint density at radius 1 is 1.56 bits per heavy atom. The minimum atomic E-state index is -0.186. The molecule has 0 aliphatic rings. The van der Waals surface area contributed by atoms with Gasteiger partial charge in [0.2, 0.25) is 5.76 Å². The lowest BCUT2D eigenvalue weighted by Crippen LogP contribution is -2.26. The number of hydrogen-bond donors (Lipinski definition) is 1. The molecule has 0 fully saturated rings. The normalized spacial score (nSPS) is 12.5. The molecule has 90 valence electrons. The zero-order valence-corrected chi connectivity index (χ0v) is 11.4. The molecule has 0 aliphatic heterocycles. The quantitative estimate of drug-likeness (QED) is 0.848. The third-order valence-corrected chi connectivity index (χ3v) is 3.40. The second-order valence-electron chi connectivity index (χ2n) is 3.70. The summed E-state index contributed by atoms with van der Waals surface area (Å²) in [5.74, 6) is 0.656. The lowest BCUT2D eigenvalue weighted by molar-refractivity contribution is 0.0923. The van der Waals surface area contributed by atoms with Crippen LogP contribution in [0, 0.1) is 13.8 Å². The van der Waals surface area contributed by atoms with E-state index in [1.54, 1.807) is 13.8 Å². The minimum absolute atomic E-state index is 0.186. The van der Waals surface area contributed by atoms with Crippen LogP contribution in [0.4, 0.5) is 0 Å². The van der Waals surface area contributed by atoms with Crippen LogP contribution < -0.4 is 5.32 Å². The van der Waals surface area contributed by atoms with E-state index in [0.717, 1.165) is 12.8 Å². The van der Waals surface area contributed by atoms with Crippen LogP contribution in [-0.4, -0.2) is 22.3 Å². The van der Waals surface area contributed by atoms with Crippen molar-refractivity contribution in [2.24, 2.45) is 0 Å². The van der Waals surface area contributed by atoms with Crippen molar-refractivity contribution in [3.8, 4) is 0 Å². The van der Waals surface area contributed by atoms with Crippen molar-refractivity contribution in [1.82, 2.24) is 10.3 Å². The third-order valence-electron chi connectivity index (χ3n) is 2.30. The Labute approximate surface area is 104 Å². The van der Waals surface area contributed by atoms with E-state index in [2.05, 4.69) is 33.2 Å². The highest BCUT2D eigenvalue weighted by atomic mass is 79.9. The molecule has 1 amide bonds. The molecule has 16 heavy (non-hydrogen) atoms. The number of carbonyl (C=O) groups is 1. The Morgan fingerprint density at radius 2 is 2.25 bits per heavy atom. The number of halogens is 1. The molecule has 1 atom stereocenters. The molecule has 4 nitrogen and oxygen atoms in total. The Balaban J connectivity index is 2.44. The van der Waals surface area contributed by atoms with Crippen molar-refractivity contribution < 1.29 is 9.21 Å². The Bertz CT molecular complexity index is 363. The maximum Gasteiger partial charge on any atom is 0.289 e. The van der Waals surface area contributed by atoms with Crippen LogP contribution in [0.3, 0.4) is 0 Å². The molecule has 0 saturated heterocycles. The molecular weight excluding hydrogens is 272 g/mol. The number of nitrogens with zero attached hydrogens (tertiary/aromatic N) is 1. The van der Waals surface area contributed by atoms with Crippen molar-refractivity contribution in [1.29, 1.82) is 0 Å². The van der Waals surface area contributed by atoms with Gasteiger partial charge in [-0.3, -0.25) is 4.79 Å². The first-order valence-corrected chi connectivity index (χ1v) is 6.32. The van der Waals surface area contributed by atoms with Gasteiger partial charge in [-0.25, -0.2) is 4.98 Å². The number of alkyl halides is 1. The van der Waals surface area contributed by atoms with Crippen LogP contribution in [0.15, 0.2) is 4.42 Å². The molecule has 0 radical (unpaired) electrons. The topological polar surface area (TPSA) is 55.1 Å². The zero-order valence-electron chi connectivity index (χ0n) is 9.84. The zero-order chi connectivity index (χ0) is 12.1. The Morgan fingerprint density at radius 3 is 2.75 bits per heavy atom. The summed E-state index contributed by atoms with van der Waals surface area (Å²) < 4.78 is 5.23. The van der Waals surface area contributed by atoms with E-state index in [0.29, 0.717) is 28.7 Å². The highest BCUT2D eigenvalue weighted by molar-refractivity contribution is 9.09. The molecule has 0 spiro atoms. The number of hydrogen-bond acceptors (Lipinski definition) is 3. The standard InChI is InChI=1S/C11H17BrN2O2/c1-4-9(12)5-6-13-11(15)10-7(2)14-8(3)16-10/h9H,4-6H2,1-3H3,(H,13,15). The summed E-state index contributed by atoms with van der Waals surface area (Å²) in [7, 11) is 0. The largest absolute Gasteiger partial charge is 0.436 e. The molecular formula is C11H17BrN2O2. The summed E-state index contributed by atoms with van der Waals surface area (Å²) in [6, 6.07) is 0. The van der Waals surface area contributed by atoms with Crippen molar-refractivity contribution in [2.45, 2.75) is 38.4 Å². The van der Waals surface area contributed by atoms with Gasteiger partial charge in [0, 0.05) is 18.3 Å². The highest BCUT2D eigenvalue weighted by Crippen LogP contribution is 2.10. The summed E-state index contributed by atoms with van der Waals surface area (Å²) in [5.41, 5.74) is 0.640. The number of oxazole rings is 1. The maximum atomic E-state index is 11.7. The molecule has 1 rings (SSSR count). The lowest BCUT2D eigenvalue weighted by atomic mass is 10.2. The molecule has 5 heteroatoms. The number of aromatic nitrogens is 1. The summed E-state index contributed by atoms with van der Waals surface area (Å²) in [4.78, 5) is 16.2. The maximum absolute atomic E-state index is 11.7. The van der Waals surface area contributed by atoms with Crippen LogP contribution in [0.2, 0.25) is 0 Å². The van der Waals surface area contributed by atoms with Gasteiger partial charge in [-0.05, 0) is 19.8 Å². The van der Waals surface area contributed by atoms with E-state index in [1.807, 2.05) is 0 Å². The van der Waals surface area contributed by atoms with Gasteiger partial charge in [0.15, 0.2) is 5.89 Å². The van der Waals surface area contributed by atoms with E-state index in [9.17, 15) is 4.79 Å². The number of amides is 1. The minimum Gasteiger partial charge on any atom is -0.436 e.